The summed E-state index contributed by atoms with van der Waals surface area (Å²) in [6.07, 6.45) is 2.51. The number of methoxy groups -OCH3 is 1. The fraction of sp³-hybridized carbons (Fsp3) is 0.273. The van der Waals surface area contributed by atoms with Crippen LogP contribution in [0.2, 0.25) is 0 Å². The number of piperidine rings is 1. The first kappa shape index (κ1) is 21.6. The number of carbonyl (C=O) groups is 2. The lowest BCUT2D eigenvalue weighted by molar-refractivity contribution is -0.119. The molecule has 0 aromatic heterocycles. The highest BCUT2D eigenvalue weighted by Crippen LogP contribution is 2.21. The molecule has 156 valence electrons. The Morgan fingerprint density at radius 3 is 2.43 bits per heavy atom. The maximum atomic E-state index is 12.3. The van der Waals surface area contributed by atoms with Gasteiger partial charge in [0.1, 0.15) is 0 Å². The first-order valence-electron chi connectivity index (χ1n) is 9.48. The normalized spacial score (nSPS) is 14.0. The number of anilines is 1. The highest BCUT2D eigenvalue weighted by atomic mass is 32.2. The second kappa shape index (κ2) is 9.57. The lowest BCUT2D eigenvalue weighted by atomic mass is 10.1. The molecule has 2 aromatic rings. The number of hydrogen-bond donors (Lipinski definition) is 1. The van der Waals surface area contributed by atoms with Crippen molar-refractivity contribution in [3.05, 3.63) is 59.7 Å². The van der Waals surface area contributed by atoms with Crippen LogP contribution in [0.1, 0.15) is 35.2 Å². The topological polar surface area (TPSA) is 92.8 Å². The minimum atomic E-state index is -3.74. The molecule has 1 N–H and O–H groups in total. The van der Waals surface area contributed by atoms with Crippen LogP contribution in [-0.4, -0.2) is 40.5 Å². The van der Waals surface area contributed by atoms with Gasteiger partial charge in [-0.25, -0.2) is 13.2 Å². The molecular weight excluding hydrogens is 404 g/mol. The highest BCUT2D eigenvalue weighted by Gasteiger charge is 2.19. The van der Waals surface area contributed by atoms with Crippen molar-refractivity contribution in [2.75, 3.05) is 25.1 Å². The van der Waals surface area contributed by atoms with Gasteiger partial charge in [0.15, 0.2) is 0 Å². The van der Waals surface area contributed by atoms with Crippen LogP contribution in [0.3, 0.4) is 0 Å². The van der Waals surface area contributed by atoms with Gasteiger partial charge in [-0.15, -0.1) is 0 Å². The lowest BCUT2D eigenvalue weighted by Gasteiger charge is -2.26. The third kappa shape index (κ3) is 5.26. The second-order valence-electron chi connectivity index (χ2n) is 6.69. The van der Waals surface area contributed by atoms with Gasteiger partial charge >= 0.3 is 5.97 Å². The summed E-state index contributed by atoms with van der Waals surface area (Å²) in [6, 6.07) is 12.8. The van der Waals surface area contributed by atoms with Gasteiger partial charge in [-0.3, -0.25) is 4.79 Å². The smallest absolute Gasteiger partial charge is 0.337 e. The Balaban J connectivity index is 1.58. The van der Waals surface area contributed by atoms with Crippen LogP contribution in [0, 0.1) is 11.8 Å². The van der Waals surface area contributed by atoms with Crippen molar-refractivity contribution in [1.82, 2.24) is 4.72 Å². The molecule has 0 bridgehead atoms. The minimum absolute atomic E-state index is 0.0347. The first-order chi connectivity index (χ1) is 14.4. The SMILES string of the molecule is COC(=O)c1ccc(S(=O)(=O)NCC#Cc2ccc(N3CCCCC3=O)cc2)cc1. The number of carbonyl (C=O) groups excluding carboxylic acids is 2. The molecule has 2 aromatic carbocycles. The Hall–Kier alpha value is -3.15. The fourth-order valence-electron chi connectivity index (χ4n) is 3.05. The van der Waals surface area contributed by atoms with Crippen molar-refractivity contribution < 1.29 is 22.7 Å². The van der Waals surface area contributed by atoms with Crippen molar-refractivity contribution in [1.29, 1.82) is 0 Å². The summed E-state index contributed by atoms with van der Waals surface area (Å²) in [5.41, 5.74) is 1.84. The van der Waals surface area contributed by atoms with Gasteiger partial charge in [0, 0.05) is 24.2 Å². The predicted octanol–water partition coefficient (Wildman–Crippen LogP) is 2.32. The average molecular weight is 426 g/mol. The van der Waals surface area contributed by atoms with Gasteiger partial charge in [0.2, 0.25) is 15.9 Å². The summed E-state index contributed by atoms with van der Waals surface area (Å²) in [4.78, 5) is 25.2. The van der Waals surface area contributed by atoms with E-state index in [-0.39, 0.29) is 22.9 Å². The summed E-state index contributed by atoms with van der Waals surface area (Å²) in [5.74, 6) is 5.28. The van der Waals surface area contributed by atoms with Crippen molar-refractivity contribution in [3.8, 4) is 11.8 Å². The van der Waals surface area contributed by atoms with Gasteiger partial charge in [-0.2, -0.15) is 4.72 Å². The Kier molecular flexibility index (Phi) is 6.87. The largest absolute Gasteiger partial charge is 0.465 e. The summed E-state index contributed by atoms with van der Waals surface area (Å²) >= 11 is 0. The third-order valence-corrected chi connectivity index (χ3v) is 6.09. The molecule has 0 spiro atoms. The summed E-state index contributed by atoms with van der Waals surface area (Å²) < 4.78 is 31.6. The zero-order chi connectivity index (χ0) is 21.6. The summed E-state index contributed by atoms with van der Waals surface area (Å²) in [5, 5.41) is 0. The van der Waals surface area contributed by atoms with E-state index in [1.54, 1.807) is 4.90 Å². The molecule has 1 heterocycles. The minimum Gasteiger partial charge on any atom is -0.465 e. The van der Waals surface area contributed by atoms with E-state index in [1.165, 1.54) is 31.4 Å². The van der Waals surface area contributed by atoms with E-state index in [4.69, 9.17) is 0 Å². The van der Waals surface area contributed by atoms with E-state index >= 15 is 0 Å². The molecule has 1 aliphatic heterocycles. The molecule has 0 radical (unpaired) electrons. The van der Waals surface area contributed by atoms with Crippen LogP contribution < -0.4 is 9.62 Å². The van der Waals surface area contributed by atoms with Gasteiger partial charge < -0.3 is 9.64 Å². The number of esters is 1. The van der Waals surface area contributed by atoms with E-state index in [2.05, 4.69) is 21.3 Å². The molecule has 0 saturated carbocycles. The molecule has 0 aliphatic carbocycles. The monoisotopic (exact) mass is 426 g/mol. The number of ether oxygens (including phenoxy) is 1. The Morgan fingerprint density at radius 2 is 1.80 bits per heavy atom. The zero-order valence-electron chi connectivity index (χ0n) is 16.6. The number of sulfonamides is 1. The van der Waals surface area contributed by atoms with Crippen LogP contribution in [0.4, 0.5) is 5.69 Å². The van der Waals surface area contributed by atoms with Gasteiger partial charge in [0.25, 0.3) is 0 Å². The van der Waals surface area contributed by atoms with E-state index < -0.39 is 16.0 Å². The van der Waals surface area contributed by atoms with E-state index in [0.29, 0.717) is 6.42 Å². The number of benzene rings is 2. The van der Waals surface area contributed by atoms with Crippen molar-refractivity contribution >= 4 is 27.6 Å². The maximum absolute atomic E-state index is 12.3. The average Bonchev–Trinajstić information content (AvgIpc) is 2.77. The van der Waals surface area contributed by atoms with Crippen molar-refractivity contribution in [2.45, 2.75) is 24.2 Å². The van der Waals surface area contributed by atoms with Crippen LogP contribution in [0.15, 0.2) is 53.4 Å². The van der Waals surface area contributed by atoms with Crippen LogP contribution in [0.25, 0.3) is 0 Å². The summed E-state index contributed by atoms with van der Waals surface area (Å²) in [6.45, 7) is 0.666. The van der Waals surface area contributed by atoms with Gasteiger partial charge in [-0.05, 0) is 61.4 Å². The number of nitrogens with zero attached hydrogens (tertiary/aromatic N) is 1. The van der Waals surface area contributed by atoms with Crippen LogP contribution in [0.5, 0.6) is 0 Å². The number of hydrogen-bond acceptors (Lipinski definition) is 5. The number of nitrogens with one attached hydrogen (secondary N) is 1. The van der Waals surface area contributed by atoms with Crippen molar-refractivity contribution in [2.24, 2.45) is 0 Å². The van der Waals surface area contributed by atoms with Crippen LogP contribution in [-0.2, 0) is 19.6 Å². The molecule has 1 saturated heterocycles. The van der Waals surface area contributed by atoms with Gasteiger partial charge in [0.05, 0.1) is 24.1 Å². The molecule has 1 amide bonds. The van der Waals surface area contributed by atoms with E-state index in [1.807, 2.05) is 24.3 Å². The quantitative estimate of drug-likeness (QED) is 0.585. The molecule has 1 aliphatic rings. The Morgan fingerprint density at radius 1 is 1.10 bits per heavy atom. The second-order valence-corrected chi connectivity index (χ2v) is 8.46. The zero-order valence-corrected chi connectivity index (χ0v) is 17.4. The van der Waals surface area contributed by atoms with Crippen molar-refractivity contribution in [3.63, 3.8) is 0 Å². The molecule has 0 unspecified atom stereocenters. The Bertz CT molecular complexity index is 1080. The van der Waals surface area contributed by atoms with Crippen LogP contribution >= 0.6 is 0 Å². The highest BCUT2D eigenvalue weighted by molar-refractivity contribution is 7.89. The van der Waals surface area contributed by atoms with E-state index in [9.17, 15) is 18.0 Å². The predicted molar refractivity (Wildman–Crippen MR) is 112 cm³/mol. The molecule has 8 heteroatoms. The standard InChI is InChI=1S/C22H22N2O5S/c1-29-22(26)18-9-13-20(14-10-18)30(27,28)23-15-4-5-17-7-11-19(12-8-17)24-16-3-2-6-21(24)25/h7-14,23H,2-3,6,15-16H2,1H3. The van der Waals surface area contributed by atoms with Gasteiger partial charge in [-0.1, -0.05) is 11.8 Å². The molecule has 3 rings (SSSR count). The van der Waals surface area contributed by atoms with E-state index in [0.717, 1.165) is 30.6 Å². The molecular formula is C22H22N2O5S. The molecule has 1 fully saturated rings. The molecule has 30 heavy (non-hydrogen) atoms. The number of rotatable bonds is 5. The first-order valence-corrected chi connectivity index (χ1v) is 11.0. The number of amides is 1. The fourth-order valence-corrected chi connectivity index (χ4v) is 3.98. The Labute approximate surface area is 176 Å². The molecule has 7 nitrogen and oxygen atoms in total. The molecule has 0 atom stereocenters. The third-order valence-electron chi connectivity index (χ3n) is 4.67. The maximum Gasteiger partial charge on any atom is 0.337 e. The lowest BCUT2D eigenvalue weighted by Crippen LogP contribution is -2.35. The summed E-state index contributed by atoms with van der Waals surface area (Å²) in [7, 11) is -2.48.